The van der Waals surface area contributed by atoms with Gasteiger partial charge in [0.1, 0.15) is 35.6 Å². The number of para-hydroxylation sites is 1. The van der Waals surface area contributed by atoms with Gasteiger partial charge in [-0.2, -0.15) is 10.4 Å². The summed E-state index contributed by atoms with van der Waals surface area (Å²) in [6.45, 7) is 1.88. The van der Waals surface area contributed by atoms with Gasteiger partial charge in [0.05, 0.1) is 25.0 Å². The van der Waals surface area contributed by atoms with E-state index in [2.05, 4.69) is 0 Å². The van der Waals surface area contributed by atoms with E-state index in [1.165, 1.54) is 12.1 Å². The molecular weight excluding hydrogens is 595 g/mol. The number of carbonyl (C=O) groups excluding carboxylic acids is 2. The van der Waals surface area contributed by atoms with E-state index in [9.17, 15) is 19.2 Å². The first-order valence-corrected chi connectivity index (χ1v) is 14.8. The fourth-order valence-electron chi connectivity index (χ4n) is 5.23. The number of benzene rings is 4. The second-order valence-corrected chi connectivity index (χ2v) is 10.9. The van der Waals surface area contributed by atoms with E-state index in [0.29, 0.717) is 33.9 Å². The quantitative estimate of drug-likeness (QED) is 0.129. The van der Waals surface area contributed by atoms with E-state index in [1.54, 1.807) is 61.2 Å². The SMILES string of the molecule is COc1ccc(CN2C(=O)C(C#N)=C(C)/C(=C\c3cn(-c4ccccc4)nc3-c3ccc(OCc4ccc(F)cc4)cc3)C2=O)cc1. The molecule has 2 heterocycles. The van der Waals surface area contributed by atoms with Crippen LogP contribution in [0.15, 0.2) is 126 Å². The second kappa shape index (κ2) is 13.4. The molecule has 232 valence electrons. The highest BCUT2D eigenvalue weighted by atomic mass is 19.1. The van der Waals surface area contributed by atoms with Crippen LogP contribution in [0.25, 0.3) is 23.0 Å². The van der Waals surface area contributed by atoms with E-state index in [0.717, 1.165) is 21.7 Å². The molecule has 47 heavy (non-hydrogen) atoms. The number of imide groups is 1. The van der Waals surface area contributed by atoms with E-state index in [1.807, 2.05) is 66.9 Å². The number of hydrogen-bond acceptors (Lipinski definition) is 6. The van der Waals surface area contributed by atoms with Crippen LogP contribution in [0.5, 0.6) is 11.5 Å². The number of nitrogens with zero attached hydrogens (tertiary/aromatic N) is 4. The number of ether oxygens (including phenoxy) is 2. The largest absolute Gasteiger partial charge is 0.497 e. The molecule has 0 atom stereocenters. The van der Waals surface area contributed by atoms with Gasteiger partial charge in [-0.25, -0.2) is 9.07 Å². The summed E-state index contributed by atoms with van der Waals surface area (Å²) in [7, 11) is 1.56. The van der Waals surface area contributed by atoms with E-state index < -0.39 is 11.8 Å². The zero-order valence-corrected chi connectivity index (χ0v) is 25.7. The van der Waals surface area contributed by atoms with Crippen molar-refractivity contribution in [2.45, 2.75) is 20.1 Å². The summed E-state index contributed by atoms with van der Waals surface area (Å²) in [5, 5.41) is 14.8. The molecular formula is C38H29FN4O4. The maximum Gasteiger partial charge on any atom is 0.271 e. The molecule has 0 radical (unpaired) electrons. The van der Waals surface area contributed by atoms with Crippen LogP contribution >= 0.6 is 0 Å². The predicted molar refractivity (Wildman–Crippen MR) is 175 cm³/mol. The fraction of sp³-hybridized carbons (Fsp3) is 0.105. The number of rotatable bonds is 9. The molecule has 1 aliphatic heterocycles. The number of halogens is 1. The molecule has 6 rings (SSSR count). The van der Waals surface area contributed by atoms with Gasteiger partial charge in [0.15, 0.2) is 0 Å². The molecule has 1 aliphatic rings. The minimum absolute atomic E-state index is 0.00696. The molecule has 0 saturated heterocycles. The lowest BCUT2D eigenvalue weighted by Crippen LogP contribution is -2.42. The number of nitriles is 1. The van der Waals surface area contributed by atoms with Crippen molar-refractivity contribution in [2.75, 3.05) is 7.11 Å². The lowest BCUT2D eigenvalue weighted by atomic mass is 9.93. The summed E-state index contributed by atoms with van der Waals surface area (Å²) in [4.78, 5) is 28.3. The first-order chi connectivity index (χ1) is 22.8. The molecule has 0 N–H and O–H groups in total. The summed E-state index contributed by atoms with van der Waals surface area (Å²) in [6.07, 6.45) is 3.50. The number of hydrogen-bond donors (Lipinski definition) is 0. The van der Waals surface area contributed by atoms with Gasteiger partial charge in [0.25, 0.3) is 11.8 Å². The van der Waals surface area contributed by atoms with Crippen molar-refractivity contribution in [2.24, 2.45) is 0 Å². The summed E-state index contributed by atoms with van der Waals surface area (Å²) < 4.78 is 26.1. The van der Waals surface area contributed by atoms with Crippen LogP contribution < -0.4 is 9.47 Å². The monoisotopic (exact) mass is 624 g/mol. The molecule has 2 amide bonds. The van der Waals surface area contributed by atoms with Gasteiger partial charge in [-0.15, -0.1) is 0 Å². The highest BCUT2D eigenvalue weighted by Crippen LogP contribution is 2.32. The van der Waals surface area contributed by atoms with Gasteiger partial charge in [-0.05, 0) is 90.4 Å². The van der Waals surface area contributed by atoms with Crippen molar-refractivity contribution in [3.63, 3.8) is 0 Å². The summed E-state index contributed by atoms with van der Waals surface area (Å²) >= 11 is 0. The number of carbonyl (C=O) groups is 2. The van der Waals surface area contributed by atoms with Gasteiger partial charge >= 0.3 is 0 Å². The van der Waals surface area contributed by atoms with Gasteiger partial charge in [-0.1, -0.05) is 42.5 Å². The molecule has 0 saturated carbocycles. The molecule has 0 unspecified atom stereocenters. The van der Waals surface area contributed by atoms with Crippen LogP contribution in [0.2, 0.25) is 0 Å². The molecule has 0 bridgehead atoms. The van der Waals surface area contributed by atoms with E-state index >= 15 is 0 Å². The van der Waals surface area contributed by atoms with Crippen molar-refractivity contribution in [3.8, 4) is 34.5 Å². The maximum absolute atomic E-state index is 13.9. The second-order valence-electron chi connectivity index (χ2n) is 10.9. The third-order valence-electron chi connectivity index (χ3n) is 7.83. The third-order valence-corrected chi connectivity index (χ3v) is 7.83. The van der Waals surface area contributed by atoms with E-state index in [-0.39, 0.29) is 30.1 Å². The Morgan fingerprint density at radius 3 is 2.17 bits per heavy atom. The Hall–Kier alpha value is -6.27. The van der Waals surface area contributed by atoms with E-state index in [4.69, 9.17) is 14.6 Å². The van der Waals surface area contributed by atoms with Crippen molar-refractivity contribution < 1.29 is 23.5 Å². The lowest BCUT2D eigenvalue weighted by Gasteiger charge is -2.27. The van der Waals surface area contributed by atoms with Crippen LogP contribution in [0.4, 0.5) is 4.39 Å². The number of amides is 2. The Labute approximate surface area is 271 Å². The van der Waals surface area contributed by atoms with Crippen LogP contribution in [0.1, 0.15) is 23.6 Å². The highest BCUT2D eigenvalue weighted by molar-refractivity contribution is 6.19. The number of aromatic nitrogens is 2. The normalized spacial score (nSPS) is 14.0. The Balaban J connectivity index is 1.36. The molecule has 5 aromatic rings. The fourth-order valence-corrected chi connectivity index (χ4v) is 5.23. The van der Waals surface area contributed by atoms with Crippen molar-refractivity contribution in [1.82, 2.24) is 14.7 Å². The van der Waals surface area contributed by atoms with Crippen LogP contribution in [-0.2, 0) is 22.7 Å². The Morgan fingerprint density at radius 2 is 1.51 bits per heavy atom. The smallest absolute Gasteiger partial charge is 0.271 e. The molecule has 0 aliphatic carbocycles. The summed E-state index contributed by atoms with van der Waals surface area (Å²) in [6, 6.07) is 32.1. The van der Waals surface area contributed by atoms with Crippen molar-refractivity contribution in [1.29, 1.82) is 5.26 Å². The predicted octanol–water partition coefficient (Wildman–Crippen LogP) is 7.06. The topological polar surface area (TPSA) is 97.5 Å². The van der Waals surface area contributed by atoms with Crippen molar-refractivity contribution in [3.05, 3.63) is 149 Å². The Kier molecular flexibility index (Phi) is 8.75. The maximum atomic E-state index is 13.9. The average Bonchev–Trinajstić information content (AvgIpc) is 3.53. The zero-order valence-electron chi connectivity index (χ0n) is 25.7. The van der Waals surface area contributed by atoms with Crippen LogP contribution in [-0.4, -0.2) is 33.6 Å². The first kappa shape index (κ1) is 30.7. The van der Waals surface area contributed by atoms with Crippen molar-refractivity contribution >= 4 is 17.9 Å². The highest BCUT2D eigenvalue weighted by Gasteiger charge is 2.35. The van der Waals surface area contributed by atoms with Gasteiger partial charge < -0.3 is 9.47 Å². The molecule has 9 heteroatoms. The molecule has 8 nitrogen and oxygen atoms in total. The Bertz CT molecular complexity index is 2040. The minimum Gasteiger partial charge on any atom is -0.497 e. The summed E-state index contributed by atoms with van der Waals surface area (Å²) in [5.41, 5.74) is 4.76. The van der Waals surface area contributed by atoms with Crippen LogP contribution in [0.3, 0.4) is 0 Å². The molecule has 0 spiro atoms. The zero-order chi connectivity index (χ0) is 32.9. The van der Waals surface area contributed by atoms with Crippen LogP contribution in [0, 0.1) is 17.1 Å². The molecule has 1 aromatic heterocycles. The Morgan fingerprint density at radius 1 is 0.851 bits per heavy atom. The summed E-state index contributed by atoms with van der Waals surface area (Å²) in [5.74, 6) is -0.188. The minimum atomic E-state index is -0.639. The third kappa shape index (κ3) is 6.58. The molecule has 0 fully saturated rings. The van der Waals surface area contributed by atoms with Gasteiger partial charge in [0, 0.05) is 22.9 Å². The van der Waals surface area contributed by atoms with Gasteiger partial charge in [0.2, 0.25) is 0 Å². The average molecular weight is 625 g/mol. The van der Waals surface area contributed by atoms with Gasteiger partial charge in [-0.3, -0.25) is 14.5 Å². The lowest BCUT2D eigenvalue weighted by molar-refractivity contribution is -0.141. The molecule has 4 aromatic carbocycles. The standard InChI is InChI=1S/C38H29FN4O4/c1-25-34(37(44)42(38(45)35(25)21-40)22-26-10-16-32(46-2)17-11-26)20-29-23-43(31-6-4-3-5-7-31)41-36(29)28-12-18-33(19-13-28)47-24-27-8-14-30(39)15-9-27/h3-20,23H,22,24H2,1-2H3/b34-20+. The first-order valence-electron chi connectivity index (χ1n) is 14.8. The number of methoxy groups -OCH3 is 1.